The lowest BCUT2D eigenvalue weighted by molar-refractivity contribution is 0.136. The van der Waals surface area contributed by atoms with E-state index in [1.165, 1.54) is 19.3 Å². The zero-order valence-electron chi connectivity index (χ0n) is 10.8. The highest BCUT2D eigenvalue weighted by Gasteiger charge is 2.24. The SMILES string of the molecule is CC1CCCC(C)N1Nc1ccc(C#N)c(Cl)c1. The first-order chi connectivity index (χ1) is 8.61. The van der Waals surface area contributed by atoms with Gasteiger partial charge in [-0.3, -0.25) is 0 Å². The Bertz CT molecular complexity index is 457. The van der Waals surface area contributed by atoms with Crippen molar-refractivity contribution in [2.75, 3.05) is 5.43 Å². The fourth-order valence-electron chi connectivity index (χ4n) is 2.47. The van der Waals surface area contributed by atoms with Crippen molar-refractivity contribution in [1.29, 1.82) is 5.26 Å². The average molecular weight is 264 g/mol. The van der Waals surface area contributed by atoms with E-state index in [9.17, 15) is 0 Å². The summed E-state index contributed by atoms with van der Waals surface area (Å²) in [7, 11) is 0. The minimum absolute atomic E-state index is 0.500. The molecule has 3 nitrogen and oxygen atoms in total. The molecule has 1 aliphatic rings. The smallest absolute Gasteiger partial charge is 0.101 e. The molecule has 2 atom stereocenters. The Hall–Kier alpha value is -1.24. The normalized spacial score (nSPS) is 24.6. The number of nitrogens with zero attached hydrogens (tertiary/aromatic N) is 2. The summed E-state index contributed by atoms with van der Waals surface area (Å²) in [5.74, 6) is 0. The van der Waals surface area contributed by atoms with E-state index in [0.717, 1.165) is 5.69 Å². The molecule has 18 heavy (non-hydrogen) atoms. The third kappa shape index (κ3) is 2.77. The summed E-state index contributed by atoms with van der Waals surface area (Å²) in [6.07, 6.45) is 3.71. The average Bonchev–Trinajstić information content (AvgIpc) is 2.34. The second kappa shape index (κ2) is 5.60. The number of hydrogen-bond donors (Lipinski definition) is 1. The van der Waals surface area contributed by atoms with Gasteiger partial charge in [-0.1, -0.05) is 18.0 Å². The van der Waals surface area contributed by atoms with Crippen LogP contribution in [0.25, 0.3) is 0 Å². The van der Waals surface area contributed by atoms with Crippen LogP contribution in [0.2, 0.25) is 5.02 Å². The highest BCUT2D eigenvalue weighted by atomic mass is 35.5. The van der Waals surface area contributed by atoms with Crippen LogP contribution in [-0.4, -0.2) is 17.1 Å². The number of hydrazine groups is 1. The third-order valence-corrected chi connectivity index (χ3v) is 3.85. The molecule has 4 heteroatoms. The number of nitrogens with one attached hydrogen (secondary N) is 1. The maximum atomic E-state index is 8.85. The second-order valence-corrected chi connectivity index (χ2v) is 5.36. The van der Waals surface area contributed by atoms with E-state index in [2.05, 4.69) is 30.4 Å². The minimum atomic E-state index is 0.500. The largest absolute Gasteiger partial charge is 0.318 e. The van der Waals surface area contributed by atoms with Crippen LogP contribution in [0.4, 0.5) is 5.69 Å². The highest BCUT2D eigenvalue weighted by Crippen LogP contribution is 2.25. The predicted molar refractivity (Wildman–Crippen MR) is 74.4 cm³/mol. The van der Waals surface area contributed by atoms with Gasteiger partial charge in [0.2, 0.25) is 0 Å². The van der Waals surface area contributed by atoms with Gasteiger partial charge in [-0.05, 0) is 44.9 Å². The monoisotopic (exact) mass is 263 g/mol. The van der Waals surface area contributed by atoms with Crippen LogP contribution in [0.1, 0.15) is 38.7 Å². The van der Waals surface area contributed by atoms with Crippen LogP contribution in [0.3, 0.4) is 0 Å². The van der Waals surface area contributed by atoms with Crippen molar-refractivity contribution < 1.29 is 0 Å². The lowest BCUT2D eigenvalue weighted by atomic mass is 10.00. The Labute approximate surface area is 113 Å². The van der Waals surface area contributed by atoms with E-state index in [0.29, 0.717) is 22.7 Å². The van der Waals surface area contributed by atoms with Crippen LogP contribution in [0.5, 0.6) is 0 Å². The van der Waals surface area contributed by atoms with Gasteiger partial charge in [-0.15, -0.1) is 0 Å². The van der Waals surface area contributed by atoms with Gasteiger partial charge < -0.3 is 5.43 Å². The van der Waals surface area contributed by atoms with E-state index in [4.69, 9.17) is 16.9 Å². The van der Waals surface area contributed by atoms with Crippen molar-refractivity contribution in [3.8, 4) is 6.07 Å². The Morgan fingerprint density at radius 3 is 2.56 bits per heavy atom. The van der Waals surface area contributed by atoms with Gasteiger partial charge in [-0.2, -0.15) is 5.26 Å². The lowest BCUT2D eigenvalue weighted by Gasteiger charge is -2.39. The van der Waals surface area contributed by atoms with Gasteiger partial charge >= 0.3 is 0 Å². The number of nitriles is 1. The van der Waals surface area contributed by atoms with Crippen molar-refractivity contribution >= 4 is 17.3 Å². The Kier molecular flexibility index (Phi) is 4.11. The molecule has 0 aliphatic carbocycles. The van der Waals surface area contributed by atoms with Gasteiger partial charge in [0.1, 0.15) is 6.07 Å². The molecule has 96 valence electrons. The number of hydrogen-bond acceptors (Lipinski definition) is 3. The van der Waals surface area contributed by atoms with Crippen LogP contribution in [-0.2, 0) is 0 Å². The van der Waals surface area contributed by atoms with Crippen LogP contribution in [0, 0.1) is 11.3 Å². The number of anilines is 1. The molecule has 0 saturated carbocycles. The van der Waals surface area contributed by atoms with Gasteiger partial charge in [0.05, 0.1) is 16.3 Å². The molecule has 0 bridgehead atoms. The molecule has 0 amide bonds. The molecule has 1 aromatic rings. The van der Waals surface area contributed by atoms with Crippen molar-refractivity contribution in [2.24, 2.45) is 0 Å². The first-order valence-corrected chi connectivity index (χ1v) is 6.74. The van der Waals surface area contributed by atoms with Gasteiger partial charge in [0.15, 0.2) is 0 Å². The quantitative estimate of drug-likeness (QED) is 0.882. The Morgan fingerprint density at radius 2 is 2.00 bits per heavy atom. The molecule has 0 radical (unpaired) electrons. The standard InChI is InChI=1S/C14H18ClN3/c1-10-4-3-5-11(2)18(10)17-13-7-6-12(9-16)14(15)8-13/h6-8,10-11,17H,3-5H2,1-2H3. The predicted octanol–water partition coefficient (Wildman–Crippen LogP) is 3.80. The molecule has 1 saturated heterocycles. The molecule has 2 rings (SSSR count). The maximum absolute atomic E-state index is 8.85. The van der Waals surface area contributed by atoms with Crippen molar-refractivity contribution in [3.63, 3.8) is 0 Å². The van der Waals surface area contributed by atoms with Crippen LogP contribution < -0.4 is 5.43 Å². The summed E-state index contributed by atoms with van der Waals surface area (Å²) in [4.78, 5) is 0. The number of benzene rings is 1. The second-order valence-electron chi connectivity index (χ2n) is 4.95. The fraction of sp³-hybridized carbons (Fsp3) is 0.500. The third-order valence-electron chi connectivity index (χ3n) is 3.54. The molecule has 2 unspecified atom stereocenters. The molecular weight excluding hydrogens is 246 g/mol. The molecule has 1 aromatic carbocycles. The molecule has 0 spiro atoms. The molecular formula is C14H18ClN3. The molecule has 1 N–H and O–H groups in total. The summed E-state index contributed by atoms with van der Waals surface area (Å²) >= 11 is 6.04. The van der Waals surface area contributed by atoms with Crippen molar-refractivity contribution in [1.82, 2.24) is 5.01 Å². The van der Waals surface area contributed by atoms with Crippen LogP contribution in [0.15, 0.2) is 18.2 Å². The summed E-state index contributed by atoms with van der Waals surface area (Å²) in [6, 6.07) is 8.57. The van der Waals surface area contributed by atoms with Crippen LogP contribution >= 0.6 is 11.6 Å². The zero-order chi connectivity index (χ0) is 13.1. The highest BCUT2D eigenvalue weighted by molar-refractivity contribution is 6.32. The maximum Gasteiger partial charge on any atom is 0.101 e. The first-order valence-electron chi connectivity index (χ1n) is 6.36. The van der Waals surface area contributed by atoms with E-state index >= 15 is 0 Å². The van der Waals surface area contributed by atoms with Crippen molar-refractivity contribution in [2.45, 2.75) is 45.2 Å². The van der Waals surface area contributed by atoms with Gasteiger partial charge in [0.25, 0.3) is 0 Å². The Morgan fingerprint density at radius 1 is 1.33 bits per heavy atom. The molecule has 0 aromatic heterocycles. The number of piperidine rings is 1. The Balaban J connectivity index is 2.13. The lowest BCUT2D eigenvalue weighted by Crippen LogP contribution is -2.47. The number of rotatable bonds is 2. The van der Waals surface area contributed by atoms with E-state index in [1.54, 1.807) is 6.07 Å². The van der Waals surface area contributed by atoms with E-state index < -0.39 is 0 Å². The van der Waals surface area contributed by atoms with E-state index in [1.807, 2.05) is 12.1 Å². The summed E-state index contributed by atoms with van der Waals surface area (Å²) in [5, 5.41) is 11.6. The molecule has 1 fully saturated rings. The summed E-state index contributed by atoms with van der Waals surface area (Å²) < 4.78 is 0. The first kappa shape index (κ1) is 13.2. The summed E-state index contributed by atoms with van der Waals surface area (Å²) in [6.45, 7) is 4.46. The van der Waals surface area contributed by atoms with Gasteiger partial charge in [0, 0.05) is 12.1 Å². The van der Waals surface area contributed by atoms with E-state index in [-0.39, 0.29) is 0 Å². The topological polar surface area (TPSA) is 39.1 Å². The zero-order valence-corrected chi connectivity index (χ0v) is 11.5. The summed E-state index contributed by atoms with van der Waals surface area (Å²) in [5.41, 5.74) is 4.87. The number of halogens is 1. The van der Waals surface area contributed by atoms with Crippen molar-refractivity contribution in [3.05, 3.63) is 28.8 Å². The fourth-order valence-corrected chi connectivity index (χ4v) is 2.69. The minimum Gasteiger partial charge on any atom is -0.318 e. The van der Waals surface area contributed by atoms with Gasteiger partial charge in [-0.25, -0.2) is 5.01 Å². The molecule has 1 heterocycles. The molecule has 1 aliphatic heterocycles.